The molecule has 1 heteroatoms. The van der Waals surface area contributed by atoms with Crippen molar-refractivity contribution in [3.63, 3.8) is 0 Å². The SMILES string of the molecule is Cc1ccc(C#CC#CN2CCCCC2)cc1. The van der Waals surface area contributed by atoms with E-state index in [2.05, 4.69) is 47.8 Å². The lowest BCUT2D eigenvalue weighted by atomic mass is 10.1. The molecule has 0 radical (unpaired) electrons. The molecule has 0 unspecified atom stereocenters. The average Bonchev–Trinajstić information content (AvgIpc) is 2.38. The van der Waals surface area contributed by atoms with E-state index >= 15 is 0 Å². The minimum atomic E-state index is 1.03. The van der Waals surface area contributed by atoms with Crippen LogP contribution in [0.1, 0.15) is 30.4 Å². The molecule has 1 aliphatic rings. The van der Waals surface area contributed by atoms with Gasteiger partial charge in [-0.05, 0) is 44.2 Å². The Balaban J connectivity index is 1.93. The number of nitrogens with zero attached hydrogens (tertiary/aromatic N) is 1. The normalized spacial score (nSPS) is 14.3. The molecular weight excluding hydrogens is 206 g/mol. The summed E-state index contributed by atoms with van der Waals surface area (Å²) < 4.78 is 0. The summed E-state index contributed by atoms with van der Waals surface area (Å²) in [5.41, 5.74) is 2.29. The third kappa shape index (κ3) is 3.89. The number of aryl methyl sites for hydroxylation is 1. The fraction of sp³-hybridized carbons (Fsp3) is 0.375. The van der Waals surface area contributed by atoms with Gasteiger partial charge in [-0.15, -0.1) is 0 Å². The maximum absolute atomic E-state index is 3.11. The van der Waals surface area contributed by atoms with Gasteiger partial charge in [0.05, 0.1) is 0 Å². The topological polar surface area (TPSA) is 3.24 Å². The van der Waals surface area contributed by atoms with Crippen LogP contribution in [0.25, 0.3) is 0 Å². The summed E-state index contributed by atoms with van der Waals surface area (Å²) in [4.78, 5) is 2.17. The van der Waals surface area contributed by atoms with Crippen molar-refractivity contribution >= 4 is 0 Å². The minimum Gasteiger partial charge on any atom is -0.332 e. The van der Waals surface area contributed by atoms with Crippen molar-refractivity contribution < 1.29 is 0 Å². The molecule has 86 valence electrons. The standard InChI is InChI=1S/C16H17N/c1-15-8-10-16(11-9-15)7-3-6-14-17-12-4-2-5-13-17/h8-11H,2,4-5,12-13H2,1H3. The zero-order valence-corrected chi connectivity index (χ0v) is 10.3. The Morgan fingerprint density at radius 2 is 1.65 bits per heavy atom. The molecular formula is C16H17N. The Morgan fingerprint density at radius 3 is 2.35 bits per heavy atom. The zero-order chi connectivity index (χ0) is 11.9. The van der Waals surface area contributed by atoms with Crippen LogP contribution < -0.4 is 0 Å². The zero-order valence-electron chi connectivity index (χ0n) is 10.3. The summed E-state index contributed by atoms with van der Waals surface area (Å²) in [6.45, 7) is 4.27. The average molecular weight is 223 g/mol. The van der Waals surface area contributed by atoms with Gasteiger partial charge < -0.3 is 4.90 Å². The number of hydrogen-bond donors (Lipinski definition) is 0. The number of rotatable bonds is 0. The van der Waals surface area contributed by atoms with E-state index < -0.39 is 0 Å². The molecule has 1 saturated heterocycles. The van der Waals surface area contributed by atoms with Crippen molar-refractivity contribution in [1.29, 1.82) is 0 Å². The van der Waals surface area contributed by atoms with Crippen LogP contribution in [-0.4, -0.2) is 18.0 Å². The van der Waals surface area contributed by atoms with E-state index in [1.54, 1.807) is 0 Å². The van der Waals surface area contributed by atoms with Crippen molar-refractivity contribution in [3.8, 4) is 23.8 Å². The summed E-state index contributed by atoms with van der Waals surface area (Å²) in [6.07, 6.45) is 3.87. The molecule has 0 spiro atoms. The predicted octanol–water partition coefficient (Wildman–Crippen LogP) is 2.79. The van der Waals surface area contributed by atoms with E-state index in [-0.39, 0.29) is 0 Å². The first-order chi connectivity index (χ1) is 8.34. The number of benzene rings is 1. The van der Waals surface area contributed by atoms with Gasteiger partial charge in [-0.3, -0.25) is 0 Å². The van der Waals surface area contributed by atoms with Crippen molar-refractivity contribution in [2.45, 2.75) is 26.2 Å². The molecule has 1 fully saturated rings. The monoisotopic (exact) mass is 223 g/mol. The van der Waals surface area contributed by atoms with E-state index in [1.165, 1.54) is 24.8 Å². The summed E-state index contributed by atoms with van der Waals surface area (Å²) >= 11 is 0. The van der Waals surface area contributed by atoms with Gasteiger partial charge in [-0.25, -0.2) is 0 Å². The van der Waals surface area contributed by atoms with E-state index in [0.29, 0.717) is 0 Å². The second-order valence-corrected chi connectivity index (χ2v) is 4.40. The summed E-state index contributed by atoms with van der Waals surface area (Å²) in [6, 6.07) is 11.3. The number of likely N-dealkylation sites (tertiary alicyclic amines) is 1. The molecule has 1 heterocycles. The second kappa shape index (κ2) is 6.02. The lowest BCUT2D eigenvalue weighted by molar-refractivity contribution is 0.327. The van der Waals surface area contributed by atoms with Gasteiger partial charge in [0.1, 0.15) is 0 Å². The lowest BCUT2D eigenvalue weighted by Crippen LogP contribution is -2.24. The molecule has 0 amide bonds. The van der Waals surface area contributed by atoms with Crippen LogP contribution in [-0.2, 0) is 0 Å². The molecule has 0 bridgehead atoms. The van der Waals surface area contributed by atoms with Crippen LogP contribution in [0, 0.1) is 30.7 Å². The van der Waals surface area contributed by atoms with Crippen LogP contribution in [0.3, 0.4) is 0 Å². The quantitative estimate of drug-likeness (QED) is 0.611. The summed E-state index contributed by atoms with van der Waals surface area (Å²) in [5, 5.41) is 0. The third-order valence-electron chi connectivity index (χ3n) is 2.89. The van der Waals surface area contributed by atoms with Gasteiger partial charge in [0.15, 0.2) is 0 Å². The van der Waals surface area contributed by atoms with Crippen molar-refractivity contribution in [3.05, 3.63) is 35.4 Å². The molecule has 2 rings (SSSR count). The molecule has 0 aromatic heterocycles. The Kier molecular flexibility index (Phi) is 4.11. The van der Waals surface area contributed by atoms with Crippen molar-refractivity contribution in [2.24, 2.45) is 0 Å². The minimum absolute atomic E-state index is 1.03. The van der Waals surface area contributed by atoms with Crippen LogP contribution in [0.15, 0.2) is 24.3 Å². The van der Waals surface area contributed by atoms with E-state index in [1.807, 2.05) is 12.1 Å². The van der Waals surface area contributed by atoms with Crippen LogP contribution in [0.5, 0.6) is 0 Å². The van der Waals surface area contributed by atoms with Gasteiger partial charge >= 0.3 is 0 Å². The molecule has 0 aliphatic carbocycles. The highest BCUT2D eigenvalue weighted by Crippen LogP contribution is 2.06. The van der Waals surface area contributed by atoms with Crippen molar-refractivity contribution in [2.75, 3.05) is 13.1 Å². The predicted molar refractivity (Wildman–Crippen MR) is 71.3 cm³/mol. The van der Waals surface area contributed by atoms with Gasteiger partial charge in [0, 0.05) is 30.6 Å². The number of piperidine rings is 1. The van der Waals surface area contributed by atoms with Crippen LogP contribution >= 0.6 is 0 Å². The molecule has 1 nitrogen and oxygen atoms in total. The van der Waals surface area contributed by atoms with Gasteiger partial charge in [-0.2, -0.15) is 0 Å². The molecule has 0 N–H and O–H groups in total. The van der Waals surface area contributed by atoms with Crippen molar-refractivity contribution in [1.82, 2.24) is 4.90 Å². The Hall–Kier alpha value is -1.86. The Bertz CT molecular complexity index is 470. The van der Waals surface area contributed by atoms with Gasteiger partial charge in [0.25, 0.3) is 0 Å². The van der Waals surface area contributed by atoms with Gasteiger partial charge in [-0.1, -0.05) is 23.6 Å². The van der Waals surface area contributed by atoms with Crippen LogP contribution in [0.2, 0.25) is 0 Å². The highest BCUT2D eigenvalue weighted by atomic mass is 15.1. The fourth-order valence-electron chi connectivity index (χ4n) is 1.85. The molecule has 0 saturated carbocycles. The molecule has 1 aromatic rings. The summed E-state index contributed by atoms with van der Waals surface area (Å²) in [5.74, 6) is 8.91. The van der Waals surface area contributed by atoms with E-state index in [9.17, 15) is 0 Å². The Morgan fingerprint density at radius 1 is 0.941 bits per heavy atom. The second-order valence-electron chi connectivity index (χ2n) is 4.40. The van der Waals surface area contributed by atoms with E-state index in [4.69, 9.17) is 0 Å². The molecule has 1 aliphatic heterocycles. The first kappa shape index (κ1) is 11.6. The van der Waals surface area contributed by atoms with Gasteiger partial charge in [0.2, 0.25) is 0 Å². The maximum atomic E-state index is 3.11. The molecule has 0 atom stereocenters. The largest absolute Gasteiger partial charge is 0.332 e. The fourth-order valence-corrected chi connectivity index (χ4v) is 1.85. The first-order valence-electron chi connectivity index (χ1n) is 6.18. The lowest BCUT2D eigenvalue weighted by Gasteiger charge is -2.21. The molecule has 17 heavy (non-hydrogen) atoms. The highest BCUT2D eigenvalue weighted by Gasteiger charge is 2.04. The maximum Gasteiger partial charge on any atom is 0.0260 e. The smallest absolute Gasteiger partial charge is 0.0260 e. The third-order valence-corrected chi connectivity index (χ3v) is 2.89. The highest BCUT2D eigenvalue weighted by molar-refractivity contribution is 5.40. The summed E-state index contributed by atoms with van der Waals surface area (Å²) in [7, 11) is 0. The molecule has 1 aromatic carbocycles. The van der Waals surface area contributed by atoms with Crippen LogP contribution in [0.4, 0.5) is 0 Å². The van der Waals surface area contributed by atoms with E-state index in [0.717, 1.165) is 18.7 Å². The first-order valence-corrected chi connectivity index (χ1v) is 6.18. The number of hydrogen-bond acceptors (Lipinski definition) is 1. The Labute approximate surface area is 104 Å².